The lowest BCUT2D eigenvalue weighted by atomic mass is 9.48. The van der Waals surface area contributed by atoms with Crippen molar-refractivity contribution >= 4 is 5.69 Å². The van der Waals surface area contributed by atoms with Gasteiger partial charge in [0.05, 0.1) is 11.0 Å². The molecule has 4 nitrogen and oxygen atoms in total. The van der Waals surface area contributed by atoms with E-state index in [2.05, 4.69) is 13.8 Å². The van der Waals surface area contributed by atoms with Crippen LogP contribution in [-0.2, 0) is 0 Å². The molecule has 0 radical (unpaired) electrons. The third-order valence-corrected chi connectivity index (χ3v) is 5.11. The zero-order valence-corrected chi connectivity index (χ0v) is 11.3. The first kappa shape index (κ1) is 12.5. The summed E-state index contributed by atoms with van der Waals surface area (Å²) < 4.78 is 6.03. The van der Waals surface area contributed by atoms with E-state index in [0.29, 0.717) is 17.1 Å². The van der Waals surface area contributed by atoms with Crippen LogP contribution in [0.25, 0.3) is 0 Å². The van der Waals surface area contributed by atoms with Gasteiger partial charge in [-0.05, 0) is 36.7 Å². The average Bonchev–Trinajstić information content (AvgIpc) is 2.39. The second kappa shape index (κ2) is 4.22. The Morgan fingerprint density at radius 3 is 2.79 bits per heavy atom. The number of fused-ring (bicyclic) bond motifs is 2. The summed E-state index contributed by atoms with van der Waals surface area (Å²) in [5.74, 6) is 2.05. The van der Waals surface area contributed by atoms with Gasteiger partial charge in [0, 0.05) is 12.0 Å². The lowest BCUT2D eigenvalue weighted by Crippen LogP contribution is -2.56. The Kier molecular flexibility index (Phi) is 2.77. The third kappa shape index (κ3) is 1.99. The van der Waals surface area contributed by atoms with Crippen molar-refractivity contribution in [2.75, 3.05) is 0 Å². The molecule has 4 rings (SSSR count). The van der Waals surface area contributed by atoms with Crippen molar-refractivity contribution in [2.45, 2.75) is 39.2 Å². The molecule has 19 heavy (non-hydrogen) atoms. The summed E-state index contributed by atoms with van der Waals surface area (Å²) in [6.07, 6.45) is 3.74. The van der Waals surface area contributed by atoms with E-state index in [4.69, 9.17) is 4.74 Å². The monoisotopic (exact) mass is 261 g/mol. The number of nitrogens with zero attached hydrogens (tertiary/aromatic N) is 1. The van der Waals surface area contributed by atoms with E-state index in [9.17, 15) is 10.1 Å². The minimum atomic E-state index is -0.378. The van der Waals surface area contributed by atoms with Crippen LogP contribution in [0.1, 0.15) is 33.1 Å². The van der Waals surface area contributed by atoms with E-state index >= 15 is 0 Å². The van der Waals surface area contributed by atoms with E-state index < -0.39 is 0 Å². The predicted molar refractivity (Wildman–Crippen MR) is 72.1 cm³/mol. The molecular formula is C15H19NO3. The van der Waals surface area contributed by atoms with Crippen LogP contribution in [0.2, 0.25) is 0 Å². The number of hydrogen-bond donors (Lipinski definition) is 0. The minimum Gasteiger partial charge on any atom is -0.490 e. The molecule has 1 aromatic rings. The van der Waals surface area contributed by atoms with E-state index in [1.165, 1.54) is 25.0 Å². The maximum absolute atomic E-state index is 10.8. The Hall–Kier alpha value is -1.58. The molecule has 3 aliphatic rings. The molecule has 1 aromatic carbocycles. The number of nitro benzene ring substituents is 1. The van der Waals surface area contributed by atoms with Crippen molar-refractivity contribution in [1.82, 2.24) is 0 Å². The van der Waals surface area contributed by atoms with Crippen LogP contribution >= 0.6 is 0 Å². The van der Waals surface area contributed by atoms with E-state index in [0.717, 1.165) is 12.3 Å². The van der Waals surface area contributed by atoms with Crippen molar-refractivity contribution in [1.29, 1.82) is 0 Å². The Bertz CT molecular complexity index is 510. The van der Waals surface area contributed by atoms with Gasteiger partial charge in [0.15, 0.2) is 0 Å². The van der Waals surface area contributed by atoms with Gasteiger partial charge >= 0.3 is 0 Å². The predicted octanol–water partition coefficient (Wildman–Crippen LogP) is 3.80. The molecule has 3 atom stereocenters. The highest BCUT2D eigenvalue weighted by Crippen LogP contribution is 2.59. The van der Waals surface area contributed by atoms with Crippen molar-refractivity contribution < 1.29 is 9.66 Å². The van der Waals surface area contributed by atoms with Gasteiger partial charge in [-0.3, -0.25) is 10.1 Å². The van der Waals surface area contributed by atoms with Crippen LogP contribution in [0.5, 0.6) is 5.75 Å². The largest absolute Gasteiger partial charge is 0.490 e. The maximum Gasteiger partial charge on any atom is 0.273 e. The van der Waals surface area contributed by atoms with Gasteiger partial charge in [-0.25, -0.2) is 0 Å². The topological polar surface area (TPSA) is 52.4 Å². The first-order valence-electron chi connectivity index (χ1n) is 6.89. The summed E-state index contributed by atoms with van der Waals surface area (Å²) >= 11 is 0. The molecule has 0 saturated heterocycles. The van der Waals surface area contributed by atoms with Crippen molar-refractivity contribution in [3.05, 3.63) is 34.4 Å². The van der Waals surface area contributed by atoms with Crippen molar-refractivity contribution in [3.63, 3.8) is 0 Å². The smallest absolute Gasteiger partial charge is 0.273 e. The van der Waals surface area contributed by atoms with Gasteiger partial charge in [-0.1, -0.05) is 19.9 Å². The summed E-state index contributed by atoms with van der Waals surface area (Å²) in [5.41, 5.74) is 0.461. The number of nitro groups is 1. The lowest BCUT2D eigenvalue weighted by Gasteiger charge is -2.59. The van der Waals surface area contributed by atoms with Gasteiger partial charge in [-0.2, -0.15) is 0 Å². The second-order valence-electron chi connectivity index (χ2n) is 6.35. The summed E-state index contributed by atoms with van der Waals surface area (Å²) in [7, 11) is 0. The van der Waals surface area contributed by atoms with Crippen LogP contribution in [0, 0.1) is 27.4 Å². The molecule has 3 unspecified atom stereocenters. The number of ether oxygens (including phenoxy) is 1. The maximum atomic E-state index is 10.8. The van der Waals surface area contributed by atoms with Crippen LogP contribution in [-0.4, -0.2) is 11.0 Å². The summed E-state index contributed by atoms with van der Waals surface area (Å²) in [4.78, 5) is 10.4. The summed E-state index contributed by atoms with van der Waals surface area (Å²) in [6, 6.07) is 6.52. The molecular weight excluding hydrogens is 242 g/mol. The number of rotatable bonds is 3. The zero-order chi connectivity index (χ0) is 13.6. The van der Waals surface area contributed by atoms with Gasteiger partial charge < -0.3 is 4.74 Å². The van der Waals surface area contributed by atoms with Crippen LogP contribution in [0.4, 0.5) is 5.69 Å². The fourth-order valence-electron chi connectivity index (χ4n) is 3.73. The molecule has 0 aromatic heterocycles. The molecule has 0 amide bonds. The number of non-ortho nitro benzene ring substituents is 1. The molecule has 0 N–H and O–H groups in total. The number of benzene rings is 1. The van der Waals surface area contributed by atoms with Crippen molar-refractivity contribution in [3.8, 4) is 5.75 Å². The lowest BCUT2D eigenvalue weighted by molar-refractivity contribution is -0.385. The standard InChI is InChI=1S/C15H19NO3/c1-15(2)10-6-7-14(13(15)8-10)19-12-5-3-4-11(9-12)16(17)18/h3-5,9-10,13-14H,6-8H2,1-2H3. The highest BCUT2D eigenvalue weighted by Gasteiger charge is 2.55. The zero-order valence-electron chi connectivity index (χ0n) is 11.3. The SMILES string of the molecule is CC1(C)C2CCC(Oc3cccc([N+](=O)[O-])c3)C1C2. The highest BCUT2D eigenvalue weighted by atomic mass is 16.6. The Morgan fingerprint density at radius 2 is 2.16 bits per heavy atom. The van der Waals surface area contributed by atoms with Gasteiger partial charge in [0.25, 0.3) is 5.69 Å². The molecule has 0 heterocycles. The van der Waals surface area contributed by atoms with E-state index in [1.807, 2.05) is 6.07 Å². The summed E-state index contributed by atoms with van der Waals surface area (Å²) in [5, 5.41) is 10.8. The second-order valence-corrected chi connectivity index (χ2v) is 6.35. The number of hydrogen-bond acceptors (Lipinski definition) is 3. The van der Waals surface area contributed by atoms with Gasteiger partial charge in [0.1, 0.15) is 11.9 Å². The van der Waals surface area contributed by atoms with E-state index in [-0.39, 0.29) is 16.7 Å². The van der Waals surface area contributed by atoms with Crippen LogP contribution in [0.3, 0.4) is 0 Å². The molecule has 3 aliphatic carbocycles. The fourth-order valence-corrected chi connectivity index (χ4v) is 3.73. The normalized spacial score (nSPS) is 31.4. The molecule has 3 saturated carbocycles. The Balaban J connectivity index is 1.75. The molecule has 102 valence electrons. The first-order chi connectivity index (χ1) is 8.98. The van der Waals surface area contributed by atoms with Gasteiger partial charge in [0.2, 0.25) is 0 Å². The molecule has 3 fully saturated rings. The van der Waals surface area contributed by atoms with Crippen LogP contribution in [0.15, 0.2) is 24.3 Å². The van der Waals surface area contributed by atoms with E-state index in [1.54, 1.807) is 6.07 Å². The third-order valence-electron chi connectivity index (χ3n) is 5.11. The van der Waals surface area contributed by atoms with Crippen LogP contribution < -0.4 is 4.74 Å². The molecule has 0 aliphatic heterocycles. The van der Waals surface area contributed by atoms with Crippen molar-refractivity contribution in [2.24, 2.45) is 17.3 Å². The molecule has 4 heteroatoms. The molecule has 0 spiro atoms. The van der Waals surface area contributed by atoms with Gasteiger partial charge in [-0.15, -0.1) is 0 Å². The molecule has 2 bridgehead atoms. The Morgan fingerprint density at radius 1 is 1.37 bits per heavy atom. The first-order valence-corrected chi connectivity index (χ1v) is 6.89. The summed E-state index contributed by atoms with van der Waals surface area (Å²) in [6.45, 7) is 4.63. The highest BCUT2D eigenvalue weighted by molar-refractivity contribution is 5.38. The quantitative estimate of drug-likeness (QED) is 0.614. The minimum absolute atomic E-state index is 0.0963. The Labute approximate surface area is 112 Å². The fraction of sp³-hybridized carbons (Fsp3) is 0.600. The average molecular weight is 261 g/mol.